The fourth-order valence-corrected chi connectivity index (χ4v) is 1.58. The van der Waals surface area contributed by atoms with Crippen LogP contribution in [-0.2, 0) is 4.79 Å². The molecule has 0 aliphatic heterocycles. The Labute approximate surface area is 112 Å². The number of methoxy groups -OCH3 is 1. The number of hydrogen-bond acceptors (Lipinski definition) is 4. The topological polar surface area (TPSA) is 64.6 Å². The van der Waals surface area contributed by atoms with Gasteiger partial charge in [-0.1, -0.05) is 0 Å². The highest BCUT2D eigenvalue weighted by Gasteiger charge is 2.17. The molecule has 1 unspecified atom stereocenters. The van der Waals surface area contributed by atoms with Gasteiger partial charge in [0.1, 0.15) is 11.5 Å². The third kappa shape index (κ3) is 3.98. The zero-order chi connectivity index (χ0) is 14.4. The summed E-state index contributed by atoms with van der Waals surface area (Å²) in [5, 5.41) is 2.66. The van der Waals surface area contributed by atoms with Crippen molar-refractivity contribution >= 4 is 11.7 Å². The van der Waals surface area contributed by atoms with Gasteiger partial charge in [-0.2, -0.15) is 0 Å². The van der Waals surface area contributed by atoms with Crippen LogP contribution in [0, 0.1) is 0 Å². The molecule has 5 nitrogen and oxygen atoms in total. The molecule has 0 radical (unpaired) electrons. The summed E-state index contributed by atoms with van der Waals surface area (Å²) < 4.78 is 10.6. The van der Waals surface area contributed by atoms with Crippen LogP contribution >= 0.6 is 0 Å². The molecule has 0 aliphatic carbocycles. The first-order chi connectivity index (χ1) is 8.99. The molecule has 0 fully saturated rings. The minimum Gasteiger partial charge on any atom is -0.497 e. The van der Waals surface area contributed by atoms with Crippen LogP contribution in [0.25, 0.3) is 0 Å². The smallest absolute Gasteiger partial charge is 0.260 e. The van der Waals surface area contributed by atoms with Gasteiger partial charge in [0.15, 0.2) is 11.9 Å². The highest BCUT2D eigenvalue weighted by Crippen LogP contribution is 2.26. The van der Waals surface area contributed by atoms with Crippen molar-refractivity contribution in [2.24, 2.45) is 0 Å². The number of ketones is 1. The lowest BCUT2D eigenvalue weighted by atomic mass is 10.1. The zero-order valence-electron chi connectivity index (χ0n) is 11.6. The van der Waals surface area contributed by atoms with Gasteiger partial charge in [-0.25, -0.2) is 0 Å². The van der Waals surface area contributed by atoms with Crippen molar-refractivity contribution in [3.8, 4) is 11.5 Å². The molecule has 104 valence electrons. The van der Waals surface area contributed by atoms with Gasteiger partial charge in [-0.05, 0) is 32.9 Å². The molecule has 1 aromatic carbocycles. The summed E-state index contributed by atoms with van der Waals surface area (Å²) in [7, 11) is 1.53. The van der Waals surface area contributed by atoms with Gasteiger partial charge < -0.3 is 14.8 Å². The molecule has 0 heterocycles. The van der Waals surface area contributed by atoms with Crippen molar-refractivity contribution in [1.82, 2.24) is 5.32 Å². The summed E-state index contributed by atoms with van der Waals surface area (Å²) in [5.74, 6) is 0.578. The Hall–Kier alpha value is -2.04. The maximum absolute atomic E-state index is 11.6. The summed E-state index contributed by atoms with van der Waals surface area (Å²) in [4.78, 5) is 23.2. The van der Waals surface area contributed by atoms with E-state index in [-0.39, 0.29) is 11.7 Å². The van der Waals surface area contributed by atoms with E-state index in [1.165, 1.54) is 14.0 Å². The number of Topliss-reactive ketones (excluding diaryl/α,β-unsaturated/α-hetero) is 1. The maximum atomic E-state index is 11.6. The van der Waals surface area contributed by atoms with Gasteiger partial charge in [-0.3, -0.25) is 9.59 Å². The van der Waals surface area contributed by atoms with Crippen LogP contribution in [0.2, 0.25) is 0 Å². The Bertz CT molecular complexity index is 471. The van der Waals surface area contributed by atoms with E-state index in [4.69, 9.17) is 9.47 Å². The molecule has 0 saturated carbocycles. The standard InChI is InChI=1S/C14H19NO4/c1-5-15-14(17)10(3)19-13-8-11(18-4)6-7-12(13)9(2)16/h6-8,10H,5H2,1-4H3,(H,15,17). The second-order valence-electron chi connectivity index (χ2n) is 4.07. The number of ether oxygens (including phenoxy) is 2. The lowest BCUT2D eigenvalue weighted by Gasteiger charge is -2.16. The third-order valence-corrected chi connectivity index (χ3v) is 2.59. The Morgan fingerprint density at radius 3 is 2.58 bits per heavy atom. The predicted octanol–water partition coefficient (Wildman–Crippen LogP) is 1.80. The maximum Gasteiger partial charge on any atom is 0.260 e. The van der Waals surface area contributed by atoms with Crippen LogP contribution < -0.4 is 14.8 Å². The molecular weight excluding hydrogens is 246 g/mol. The number of carbonyl (C=O) groups excluding carboxylic acids is 2. The summed E-state index contributed by atoms with van der Waals surface area (Å²) >= 11 is 0. The first-order valence-electron chi connectivity index (χ1n) is 6.13. The minimum atomic E-state index is -0.676. The van der Waals surface area contributed by atoms with E-state index < -0.39 is 6.10 Å². The molecule has 0 spiro atoms. The fraction of sp³-hybridized carbons (Fsp3) is 0.429. The Balaban J connectivity index is 2.97. The molecule has 1 amide bonds. The van der Waals surface area contributed by atoms with Crippen molar-refractivity contribution in [2.75, 3.05) is 13.7 Å². The lowest BCUT2D eigenvalue weighted by molar-refractivity contribution is -0.127. The van der Waals surface area contributed by atoms with Gasteiger partial charge in [-0.15, -0.1) is 0 Å². The van der Waals surface area contributed by atoms with Crippen molar-refractivity contribution in [3.05, 3.63) is 23.8 Å². The highest BCUT2D eigenvalue weighted by atomic mass is 16.5. The largest absolute Gasteiger partial charge is 0.497 e. The van der Waals surface area contributed by atoms with E-state index in [2.05, 4.69) is 5.32 Å². The molecule has 0 bridgehead atoms. The number of hydrogen-bond donors (Lipinski definition) is 1. The average molecular weight is 265 g/mol. The summed E-state index contributed by atoms with van der Waals surface area (Å²) in [6.07, 6.45) is -0.676. The summed E-state index contributed by atoms with van der Waals surface area (Å²) in [5.41, 5.74) is 0.428. The van der Waals surface area contributed by atoms with E-state index in [9.17, 15) is 9.59 Å². The van der Waals surface area contributed by atoms with Crippen molar-refractivity contribution in [3.63, 3.8) is 0 Å². The van der Waals surface area contributed by atoms with Crippen LogP contribution in [0.4, 0.5) is 0 Å². The molecule has 0 aromatic heterocycles. The van der Waals surface area contributed by atoms with Crippen LogP contribution in [0.15, 0.2) is 18.2 Å². The normalized spacial score (nSPS) is 11.6. The van der Waals surface area contributed by atoms with E-state index in [0.717, 1.165) is 0 Å². The molecule has 19 heavy (non-hydrogen) atoms. The van der Waals surface area contributed by atoms with Crippen molar-refractivity contribution < 1.29 is 19.1 Å². The second-order valence-corrected chi connectivity index (χ2v) is 4.07. The van der Waals surface area contributed by atoms with E-state index >= 15 is 0 Å². The monoisotopic (exact) mass is 265 g/mol. The quantitative estimate of drug-likeness (QED) is 0.797. The van der Waals surface area contributed by atoms with E-state index in [1.807, 2.05) is 6.92 Å². The van der Waals surface area contributed by atoms with Crippen molar-refractivity contribution in [2.45, 2.75) is 26.9 Å². The molecule has 1 atom stereocenters. The first-order valence-corrected chi connectivity index (χ1v) is 6.13. The molecule has 0 aliphatic rings. The van der Waals surface area contributed by atoms with E-state index in [0.29, 0.717) is 23.6 Å². The number of amides is 1. The molecule has 0 saturated heterocycles. The Morgan fingerprint density at radius 1 is 1.37 bits per heavy atom. The molecule has 1 aromatic rings. The second kappa shape index (κ2) is 6.78. The van der Waals surface area contributed by atoms with Gasteiger partial charge >= 0.3 is 0 Å². The number of carbonyl (C=O) groups is 2. The lowest BCUT2D eigenvalue weighted by Crippen LogP contribution is -2.36. The van der Waals surface area contributed by atoms with Crippen LogP contribution in [0.3, 0.4) is 0 Å². The predicted molar refractivity (Wildman–Crippen MR) is 71.8 cm³/mol. The van der Waals surface area contributed by atoms with Gasteiger partial charge in [0.2, 0.25) is 0 Å². The number of benzene rings is 1. The van der Waals surface area contributed by atoms with Gasteiger partial charge in [0.25, 0.3) is 5.91 Å². The Morgan fingerprint density at radius 2 is 2.05 bits per heavy atom. The van der Waals surface area contributed by atoms with Crippen LogP contribution in [-0.4, -0.2) is 31.4 Å². The molecule has 1 N–H and O–H groups in total. The van der Waals surface area contributed by atoms with Gasteiger partial charge in [0.05, 0.1) is 12.7 Å². The zero-order valence-corrected chi connectivity index (χ0v) is 11.6. The molecule has 1 rings (SSSR count). The number of rotatable bonds is 6. The first kappa shape index (κ1) is 15.0. The number of nitrogens with one attached hydrogen (secondary N) is 1. The SMILES string of the molecule is CCNC(=O)C(C)Oc1cc(OC)ccc1C(C)=O. The van der Waals surface area contributed by atoms with E-state index in [1.54, 1.807) is 25.1 Å². The Kier molecular flexibility index (Phi) is 5.36. The van der Waals surface area contributed by atoms with Gasteiger partial charge in [0, 0.05) is 12.6 Å². The van der Waals surface area contributed by atoms with Crippen molar-refractivity contribution in [1.29, 1.82) is 0 Å². The minimum absolute atomic E-state index is 0.124. The number of likely N-dealkylation sites (N-methyl/N-ethyl adjacent to an activating group) is 1. The van der Waals surface area contributed by atoms with Crippen LogP contribution in [0.1, 0.15) is 31.1 Å². The average Bonchev–Trinajstić information content (AvgIpc) is 2.38. The summed E-state index contributed by atoms with van der Waals surface area (Å²) in [6, 6.07) is 4.91. The summed E-state index contributed by atoms with van der Waals surface area (Å²) in [6.45, 7) is 5.45. The fourth-order valence-electron chi connectivity index (χ4n) is 1.58. The highest BCUT2D eigenvalue weighted by molar-refractivity contribution is 5.97. The third-order valence-electron chi connectivity index (χ3n) is 2.59. The van der Waals surface area contributed by atoms with Crippen LogP contribution in [0.5, 0.6) is 11.5 Å². The molecule has 5 heteroatoms. The molecular formula is C14H19NO4.